The fourth-order valence-corrected chi connectivity index (χ4v) is 3.46. The van der Waals surface area contributed by atoms with E-state index in [1.165, 1.54) is 0 Å². The molecule has 2 aromatic heterocycles. The summed E-state index contributed by atoms with van der Waals surface area (Å²) in [5, 5.41) is 16.1. The number of fused-ring (bicyclic) bond motifs is 1. The number of hydrogen-bond donors (Lipinski definition) is 1. The van der Waals surface area contributed by atoms with E-state index in [2.05, 4.69) is 15.5 Å². The third kappa shape index (κ3) is 3.18. The highest BCUT2D eigenvalue weighted by Gasteiger charge is 2.29. The lowest BCUT2D eigenvalue weighted by molar-refractivity contribution is 0.192. The van der Waals surface area contributed by atoms with Crippen molar-refractivity contribution in [2.45, 2.75) is 26.3 Å². The number of aryl methyl sites for hydroxylation is 1. The summed E-state index contributed by atoms with van der Waals surface area (Å²) >= 11 is 0. The Morgan fingerprint density at radius 3 is 2.85 bits per heavy atom. The second-order valence-electron chi connectivity index (χ2n) is 6.66. The molecule has 0 spiro atoms. The molecule has 0 saturated carbocycles. The molecular weight excluding hydrogens is 342 g/mol. The molecule has 8 heteroatoms. The van der Waals surface area contributed by atoms with E-state index in [1.54, 1.807) is 6.33 Å². The molecule has 140 valence electrons. The first-order valence-electron chi connectivity index (χ1n) is 9.22. The zero-order valence-corrected chi connectivity index (χ0v) is 15.6. The SMILES string of the molecule is CCCNC(=O)N1CCc2c(c(-c3nncn3-c3ccccc3)nn2C)C1. The summed E-state index contributed by atoms with van der Waals surface area (Å²) in [6, 6.07) is 9.92. The van der Waals surface area contributed by atoms with Gasteiger partial charge in [0.05, 0.1) is 6.54 Å². The van der Waals surface area contributed by atoms with Crippen molar-refractivity contribution in [3.05, 3.63) is 47.9 Å². The molecule has 2 amide bonds. The number of para-hydroxylation sites is 1. The highest BCUT2D eigenvalue weighted by molar-refractivity contribution is 5.75. The van der Waals surface area contributed by atoms with Gasteiger partial charge in [0.25, 0.3) is 0 Å². The van der Waals surface area contributed by atoms with Crippen LogP contribution >= 0.6 is 0 Å². The van der Waals surface area contributed by atoms with E-state index >= 15 is 0 Å². The summed E-state index contributed by atoms with van der Waals surface area (Å²) in [5.74, 6) is 0.689. The van der Waals surface area contributed by atoms with Gasteiger partial charge >= 0.3 is 6.03 Å². The fraction of sp³-hybridized carbons (Fsp3) is 0.368. The lowest BCUT2D eigenvalue weighted by atomic mass is 10.0. The topological polar surface area (TPSA) is 80.9 Å². The van der Waals surface area contributed by atoms with Gasteiger partial charge in [0, 0.05) is 43.5 Å². The van der Waals surface area contributed by atoms with Crippen LogP contribution in [0.5, 0.6) is 0 Å². The maximum absolute atomic E-state index is 12.4. The average molecular weight is 365 g/mol. The molecule has 0 unspecified atom stereocenters. The van der Waals surface area contributed by atoms with Crippen molar-refractivity contribution in [1.82, 2.24) is 34.8 Å². The molecule has 1 aliphatic rings. The summed E-state index contributed by atoms with van der Waals surface area (Å²) in [7, 11) is 1.94. The summed E-state index contributed by atoms with van der Waals surface area (Å²) in [6.07, 6.45) is 3.39. The van der Waals surface area contributed by atoms with E-state index in [9.17, 15) is 4.79 Å². The third-order valence-corrected chi connectivity index (χ3v) is 4.85. The second-order valence-corrected chi connectivity index (χ2v) is 6.66. The number of benzene rings is 1. The Labute approximate surface area is 157 Å². The maximum atomic E-state index is 12.4. The molecule has 4 rings (SSSR count). The number of carbonyl (C=O) groups is 1. The molecule has 8 nitrogen and oxygen atoms in total. The lowest BCUT2D eigenvalue weighted by Crippen LogP contribution is -2.43. The molecule has 27 heavy (non-hydrogen) atoms. The van der Waals surface area contributed by atoms with Gasteiger partial charge in [-0.05, 0) is 18.6 Å². The van der Waals surface area contributed by atoms with Crippen LogP contribution in [0.3, 0.4) is 0 Å². The minimum atomic E-state index is -0.0261. The smallest absolute Gasteiger partial charge is 0.317 e. The van der Waals surface area contributed by atoms with E-state index in [0.717, 1.165) is 35.5 Å². The van der Waals surface area contributed by atoms with Gasteiger partial charge < -0.3 is 10.2 Å². The first kappa shape index (κ1) is 17.3. The van der Waals surface area contributed by atoms with Gasteiger partial charge in [0.1, 0.15) is 12.0 Å². The normalized spacial score (nSPS) is 13.5. The monoisotopic (exact) mass is 365 g/mol. The zero-order valence-electron chi connectivity index (χ0n) is 15.6. The lowest BCUT2D eigenvalue weighted by Gasteiger charge is -2.27. The second kappa shape index (κ2) is 7.22. The molecule has 0 fully saturated rings. The Hall–Kier alpha value is -3.16. The number of aromatic nitrogens is 5. The van der Waals surface area contributed by atoms with Crippen molar-refractivity contribution in [2.24, 2.45) is 7.05 Å². The molecule has 1 N–H and O–H groups in total. The Kier molecular flexibility index (Phi) is 4.62. The van der Waals surface area contributed by atoms with Crippen LogP contribution in [-0.4, -0.2) is 48.6 Å². The van der Waals surface area contributed by atoms with Crippen molar-refractivity contribution in [3.63, 3.8) is 0 Å². The Bertz CT molecular complexity index is 944. The third-order valence-electron chi connectivity index (χ3n) is 4.85. The van der Waals surface area contributed by atoms with Crippen molar-refractivity contribution >= 4 is 6.03 Å². The number of amides is 2. The summed E-state index contributed by atoms with van der Waals surface area (Å²) in [4.78, 5) is 14.3. The van der Waals surface area contributed by atoms with Crippen LogP contribution in [0.15, 0.2) is 36.7 Å². The first-order chi connectivity index (χ1) is 13.2. The molecule has 1 aromatic carbocycles. The van der Waals surface area contributed by atoms with Gasteiger partial charge in [0.2, 0.25) is 0 Å². The largest absolute Gasteiger partial charge is 0.338 e. The number of rotatable bonds is 4. The Morgan fingerprint density at radius 2 is 2.07 bits per heavy atom. The van der Waals surface area contributed by atoms with Gasteiger partial charge in [-0.3, -0.25) is 9.25 Å². The number of hydrogen-bond acceptors (Lipinski definition) is 4. The van der Waals surface area contributed by atoms with Crippen LogP contribution in [-0.2, 0) is 20.0 Å². The number of nitrogens with zero attached hydrogens (tertiary/aromatic N) is 6. The van der Waals surface area contributed by atoms with Gasteiger partial charge in [-0.2, -0.15) is 5.10 Å². The summed E-state index contributed by atoms with van der Waals surface area (Å²) in [5.41, 5.74) is 3.94. The van der Waals surface area contributed by atoms with E-state index in [1.807, 2.05) is 58.5 Å². The van der Waals surface area contributed by atoms with Crippen molar-refractivity contribution in [2.75, 3.05) is 13.1 Å². The zero-order chi connectivity index (χ0) is 18.8. The molecule has 0 radical (unpaired) electrons. The van der Waals surface area contributed by atoms with Crippen LogP contribution in [0.4, 0.5) is 4.79 Å². The van der Waals surface area contributed by atoms with E-state index in [0.29, 0.717) is 25.5 Å². The molecule has 0 saturated heterocycles. The van der Waals surface area contributed by atoms with Crippen LogP contribution in [0.25, 0.3) is 17.2 Å². The molecule has 3 aromatic rings. The maximum Gasteiger partial charge on any atom is 0.317 e. The molecule has 3 heterocycles. The van der Waals surface area contributed by atoms with E-state index in [-0.39, 0.29) is 6.03 Å². The van der Waals surface area contributed by atoms with Gasteiger partial charge in [-0.25, -0.2) is 4.79 Å². The molecular formula is C19H23N7O. The first-order valence-corrected chi connectivity index (χ1v) is 9.22. The van der Waals surface area contributed by atoms with E-state index in [4.69, 9.17) is 5.10 Å². The van der Waals surface area contributed by atoms with Crippen LogP contribution < -0.4 is 5.32 Å². The Balaban J connectivity index is 1.70. The predicted octanol–water partition coefficient (Wildman–Crippen LogP) is 2.15. The number of nitrogens with one attached hydrogen (secondary N) is 1. The molecule has 0 aliphatic carbocycles. The fourth-order valence-electron chi connectivity index (χ4n) is 3.46. The van der Waals surface area contributed by atoms with Crippen LogP contribution in [0, 0.1) is 0 Å². The van der Waals surface area contributed by atoms with Crippen LogP contribution in [0.2, 0.25) is 0 Å². The molecule has 0 bridgehead atoms. The average Bonchev–Trinajstić information content (AvgIpc) is 3.31. The standard InChI is InChI=1S/C19H23N7O/c1-3-10-20-19(27)25-11-9-16-15(12-25)17(23-24(16)2)18-22-21-13-26(18)14-7-5-4-6-8-14/h4-8,13H,3,9-12H2,1-2H3,(H,20,27). The highest BCUT2D eigenvalue weighted by Crippen LogP contribution is 2.29. The Morgan fingerprint density at radius 1 is 1.26 bits per heavy atom. The summed E-state index contributed by atoms with van der Waals surface area (Å²) in [6.45, 7) is 3.94. The van der Waals surface area contributed by atoms with Gasteiger partial charge in [-0.1, -0.05) is 25.1 Å². The minimum absolute atomic E-state index is 0.0261. The van der Waals surface area contributed by atoms with Crippen molar-refractivity contribution in [1.29, 1.82) is 0 Å². The molecule has 1 aliphatic heterocycles. The highest BCUT2D eigenvalue weighted by atomic mass is 16.2. The van der Waals surface area contributed by atoms with E-state index < -0.39 is 0 Å². The van der Waals surface area contributed by atoms with Gasteiger partial charge in [0.15, 0.2) is 5.82 Å². The molecule has 0 atom stereocenters. The van der Waals surface area contributed by atoms with Crippen molar-refractivity contribution < 1.29 is 4.79 Å². The van der Waals surface area contributed by atoms with Gasteiger partial charge in [-0.15, -0.1) is 10.2 Å². The quantitative estimate of drug-likeness (QED) is 0.768. The number of urea groups is 1. The van der Waals surface area contributed by atoms with Crippen molar-refractivity contribution in [3.8, 4) is 17.2 Å². The van der Waals surface area contributed by atoms with Crippen LogP contribution in [0.1, 0.15) is 24.6 Å². The summed E-state index contributed by atoms with van der Waals surface area (Å²) < 4.78 is 3.83. The number of carbonyl (C=O) groups excluding carboxylic acids is 1. The predicted molar refractivity (Wildman–Crippen MR) is 101 cm³/mol. The minimum Gasteiger partial charge on any atom is -0.338 e.